The quantitative estimate of drug-likeness (QED) is 0.499. The van der Waals surface area contributed by atoms with Gasteiger partial charge in [-0.1, -0.05) is 0 Å². The summed E-state index contributed by atoms with van der Waals surface area (Å²) in [5.74, 6) is 0.992. The minimum atomic E-state index is -0.416. The predicted octanol–water partition coefficient (Wildman–Crippen LogP) is 4.00. The minimum Gasteiger partial charge on any atom is -0.497 e. The molecule has 0 atom stereocenters. The zero-order valence-corrected chi connectivity index (χ0v) is 16.3. The number of hydrogen-bond donors (Lipinski definition) is 1. The highest BCUT2D eigenvalue weighted by Gasteiger charge is 2.14. The van der Waals surface area contributed by atoms with Crippen molar-refractivity contribution in [1.82, 2.24) is 4.98 Å². The van der Waals surface area contributed by atoms with Crippen molar-refractivity contribution in [3.8, 4) is 28.5 Å². The van der Waals surface area contributed by atoms with E-state index in [4.69, 9.17) is 14.2 Å². The largest absolute Gasteiger partial charge is 0.497 e. The van der Waals surface area contributed by atoms with Crippen LogP contribution >= 0.6 is 11.3 Å². The highest BCUT2D eigenvalue weighted by molar-refractivity contribution is 7.14. The number of ether oxygens (including phenoxy) is 3. The van der Waals surface area contributed by atoms with Crippen molar-refractivity contribution < 1.29 is 23.8 Å². The maximum Gasteiger partial charge on any atom is 0.308 e. The fourth-order valence-electron chi connectivity index (χ4n) is 2.48. The smallest absolute Gasteiger partial charge is 0.308 e. The van der Waals surface area contributed by atoms with Crippen molar-refractivity contribution in [3.05, 3.63) is 53.4 Å². The number of anilines is 1. The highest BCUT2D eigenvalue weighted by atomic mass is 32.1. The Kier molecular flexibility index (Phi) is 5.90. The number of methoxy groups -OCH3 is 2. The van der Waals surface area contributed by atoms with E-state index in [1.165, 1.54) is 18.3 Å². The van der Waals surface area contributed by atoms with E-state index in [0.29, 0.717) is 33.6 Å². The molecule has 0 saturated carbocycles. The van der Waals surface area contributed by atoms with Gasteiger partial charge in [-0.25, -0.2) is 4.98 Å². The van der Waals surface area contributed by atoms with Gasteiger partial charge < -0.3 is 14.2 Å². The van der Waals surface area contributed by atoms with Crippen molar-refractivity contribution in [3.63, 3.8) is 0 Å². The Morgan fingerprint density at radius 3 is 2.36 bits per heavy atom. The molecule has 2 aromatic carbocycles. The van der Waals surface area contributed by atoms with Gasteiger partial charge in [-0.2, -0.15) is 0 Å². The molecule has 144 valence electrons. The van der Waals surface area contributed by atoms with Gasteiger partial charge in [-0.05, 0) is 42.5 Å². The van der Waals surface area contributed by atoms with Crippen molar-refractivity contribution in [2.45, 2.75) is 6.92 Å². The van der Waals surface area contributed by atoms with Crippen LogP contribution in [0.15, 0.2) is 47.8 Å². The average Bonchev–Trinajstić information content (AvgIpc) is 3.15. The van der Waals surface area contributed by atoms with E-state index in [1.54, 1.807) is 50.6 Å². The number of rotatable bonds is 6. The number of nitrogens with zero attached hydrogens (tertiary/aromatic N) is 1. The maximum atomic E-state index is 12.4. The molecule has 3 aromatic rings. The molecule has 0 bridgehead atoms. The zero-order chi connectivity index (χ0) is 20.1. The van der Waals surface area contributed by atoms with Crippen LogP contribution in [-0.4, -0.2) is 31.1 Å². The molecular formula is C20H18N2O5S. The van der Waals surface area contributed by atoms with Gasteiger partial charge in [0.05, 0.1) is 19.9 Å². The van der Waals surface area contributed by atoms with Gasteiger partial charge in [0.15, 0.2) is 5.13 Å². The molecule has 8 heteroatoms. The lowest BCUT2D eigenvalue weighted by atomic mass is 10.1. The minimum absolute atomic E-state index is 0.312. The lowest BCUT2D eigenvalue weighted by Crippen LogP contribution is -2.11. The van der Waals surface area contributed by atoms with E-state index >= 15 is 0 Å². The van der Waals surface area contributed by atoms with Crippen LogP contribution in [0.5, 0.6) is 17.2 Å². The third-order valence-corrected chi connectivity index (χ3v) is 4.54. The molecule has 0 aliphatic heterocycles. The number of amides is 1. The van der Waals surface area contributed by atoms with Gasteiger partial charge in [-0.15, -0.1) is 11.3 Å². The first-order valence-electron chi connectivity index (χ1n) is 8.28. The van der Waals surface area contributed by atoms with Crippen LogP contribution in [0.4, 0.5) is 5.13 Å². The summed E-state index contributed by atoms with van der Waals surface area (Å²) in [6.45, 7) is 1.32. The second kappa shape index (κ2) is 8.53. The fourth-order valence-corrected chi connectivity index (χ4v) is 3.18. The molecule has 1 amide bonds. The first-order valence-corrected chi connectivity index (χ1v) is 9.16. The van der Waals surface area contributed by atoms with Crippen LogP contribution in [-0.2, 0) is 4.79 Å². The van der Waals surface area contributed by atoms with E-state index in [-0.39, 0.29) is 5.91 Å². The topological polar surface area (TPSA) is 86.8 Å². The number of benzene rings is 2. The number of nitrogens with one attached hydrogen (secondary N) is 1. The number of carbonyl (C=O) groups excluding carboxylic acids is 2. The predicted molar refractivity (Wildman–Crippen MR) is 106 cm³/mol. The summed E-state index contributed by atoms with van der Waals surface area (Å²) in [6.07, 6.45) is 0. The molecule has 3 rings (SSSR count). The SMILES string of the molecule is COc1ccc(OC)c(-c2csc(NC(=O)c3ccc(OC(C)=O)cc3)n2)c1. The molecule has 1 aromatic heterocycles. The van der Waals surface area contributed by atoms with Gasteiger partial charge >= 0.3 is 5.97 Å². The molecule has 1 N–H and O–H groups in total. The Morgan fingerprint density at radius 1 is 1.00 bits per heavy atom. The lowest BCUT2D eigenvalue weighted by Gasteiger charge is -2.08. The number of thiazole rings is 1. The molecular weight excluding hydrogens is 380 g/mol. The molecule has 28 heavy (non-hydrogen) atoms. The van der Waals surface area contributed by atoms with Crippen LogP contribution in [0.1, 0.15) is 17.3 Å². The van der Waals surface area contributed by atoms with Crippen LogP contribution in [0.3, 0.4) is 0 Å². The van der Waals surface area contributed by atoms with Crippen molar-refractivity contribution in [2.24, 2.45) is 0 Å². The second-order valence-electron chi connectivity index (χ2n) is 5.68. The Balaban J connectivity index is 1.76. The second-order valence-corrected chi connectivity index (χ2v) is 6.53. The third-order valence-electron chi connectivity index (χ3n) is 3.79. The van der Waals surface area contributed by atoms with Crippen LogP contribution < -0.4 is 19.5 Å². The molecule has 0 fully saturated rings. The summed E-state index contributed by atoms with van der Waals surface area (Å²) >= 11 is 1.30. The molecule has 0 radical (unpaired) electrons. The molecule has 0 spiro atoms. The maximum absolute atomic E-state index is 12.4. The van der Waals surface area contributed by atoms with Crippen LogP contribution in [0.2, 0.25) is 0 Å². The number of aromatic nitrogens is 1. The van der Waals surface area contributed by atoms with Gasteiger partial charge in [0, 0.05) is 23.4 Å². The van der Waals surface area contributed by atoms with Crippen molar-refractivity contribution in [1.29, 1.82) is 0 Å². The van der Waals surface area contributed by atoms with Crippen molar-refractivity contribution >= 4 is 28.3 Å². The fraction of sp³-hybridized carbons (Fsp3) is 0.150. The van der Waals surface area contributed by atoms with Gasteiger partial charge in [0.25, 0.3) is 5.91 Å². The van der Waals surface area contributed by atoms with E-state index < -0.39 is 5.97 Å². The summed E-state index contributed by atoms with van der Waals surface area (Å²) in [6, 6.07) is 11.7. The number of esters is 1. The van der Waals surface area contributed by atoms with Gasteiger partial charge in [-0.3, -0.25) is 14.9 Å². The van der Waals surface area contributed by atoms with Crippen LogP contribution in [0.25, 0.3) is 11.3 Å². The summed E-state index contributed by atoms with van der Waals surface area (Å²) in [5, 5.41) is 5.05. The Labute approximate surface area is 165 Å². The molecule has 0 aliphatic carbocycles. The molecule has 0 aliphatic rings. The zero-order valence-electron chi connectivity index (χ0n) is 15.5. The Bertz CT molecular complexity index is 998. The van der Waals surface area contributed by atoms with E-state index in [9.17, 15) is 9.59 Å². The molecule has 7 nitrogen and oxygen atoms in total. The van der Waals surface area contributed by atoms with Crippen LogP contribution in [0, 0.1) is 0 Å². The van der Waals surface area contributed by atoms with Gasteiger partial charge in [0.1, 0.15) is 17.2 Å². The normalized spacial score (nSPS) is 10.2. The van der Waals surface area contributed by atoms with E-state index in [2.05, 4.69) is 10.3 Å². The Morgan fingerprint density at radius 2 is 1.71 bits per heavy atom. The van der Waals surface area contributed by atoms with E-state index in [0.717, 1.165) is 5.56 Å². The number of carbonyl (C=O) groups is 2. The molecule has 0 unspecified atom stereocenters. The third kappa shape index (κ3) is 4.47. The monoisotopic (exact) mass is 398 g/mol. The van der Waals surface area contributed by atoms with Gasteiger partial charge in [0.2, 0.25) is 0 Å². The van der Waals surface area contributed by atoms with E-state index in [1.807, 2.05) is 11.4 Å². The number of hydrogen-bond acceptors (Lipinski definition) is 7. The summed E-state index contributed by atoms with van der Waals surface area (Å²) in [7, 11) is 3.17. The standard InChI is InChI=1S/C20H18N2O5S/c1-12(23)27-14-6-4-13(5-7-14)19(24)22-20-21-17(11-28-20)16-10-15(25-2)8-9-18(16)26-3/h4-11H,1-3H3,(H,21,22,24). The summed E-state index contributed by atoms with van der Waals surface area (Å²) < 4.78 is 15.6. The molecule has 0 saturated heterocycles. The lowest BCUT2D eigenvalue weighted by molar-refractivity contribution is -0.131. The highest BCUT2D eigenvalue weighted by Crippen LogP contribution is 2.35. The average molecular weight is 398 g/mol. The van der Waals surface area contributed by atoms with Crippen molar-refractivity contribution in [2.75, 3.05) is 19.5 Å². The first-order chi connectivity index (χ1) is 13.5. The first kappa shape index (κ1) is 19.4. The summed E-state index contributed by atoms with van der Waals surface area (Å²) in [5.41, 5.74) is 1.86. The Hall–Kier alpha value is -3.39. The summed E-state index contributed by atoms with van der Waals surface area (Å²) in [4.78, 5) is 27.8. The molecule has 1 heterocycles.